The van der Waals surface area contributed by atoms with Crippen molar-refractivity contribution < 1.29 is 9.21 Å². The molecule has 2 aliphatic rings. The Morgan fingerprint density at radius 3 is 2.50 bits per heavy atom. The average Bonchev–Trinajstić information content (AvgIpc) is 2.70. The fraction of sp³-hybridized carbons (Fsp3) is 0.227. The number of fused-ring (bicyclic) bond motifs is 4. The van der Waals surface area contributed by atoms with E-state index in [0.29, 0.717) is 33.3 Å². The Balaban J connectivity index is 2.09. The summed E-state index contributed by atoms with van der Waals surface area (Å²) < 4.78 is 6.14. The van der Waals surface area contributed by atoms with Gasteiger partial charge in [-0.15, -0.1) is 0 Å². The number of aromatic nitrogens is 1. The van der Waals surface area contributed by atoms with Gasteiger partial charge >= 0.3 is 0 Å². The van der Waals surface area contributed by atoms with E-state index in [0.717, 1.165) is 18.8 Å². The molecule has 0 fully saturated rings. The standard InChI is InChI=1S/C22H21N3O3/c1-4-25(5-2)14-10-11-17-18(12-14)28-22-19(24-17)15-8-6-7-9-16(15)21(27)20(22)23-13(3)26/h6-12H,4-5H2,1-3H3,(H,23,26). The summed E-state index contributed by atoms with van der Waals surface area (Å²) in [6.45, 7) is 7.29. The summed E-state index contributed by atoms with van der Waals surface area (Å²) in [6, 6.07) is 13.1. The van der Waals surface area contributed by atoms with Crippen LogP contribution in [-0.2, 0) is 4.79 Å². The molecule has 0 bridgehead atoms. The van der Waals surface area contributed by atoms with Crippen LogP contribution in [0.2, 0.25) is 0 Å². The molecule has 2 aromatic carbocycles. The number of hydrogen-bond acceptors (Lipinski definition) is 5. The van der Waals surface area contributed by atoms with Crippen LogP contribution in [0.1, 0.15) is 20.8 Å². The summed E-state index contributed by atoms with van der Waals surface area (Å²) in [5, 5.41) is 3.84. The highest BCUT2D eigenvalue weighted by atomic mass is 16.3. The minimum atomic E-state index is -0.333. The van der Waals surface area contributed by atoms with Crippen molar-refractivity contribution in [1.82, 2.24) is 4.98 Å². The largest absolute Gasteiger partial charge is 0.450 e. The number of amides is 1. The molecule has 6 nitrogen and oxygen atoms in total. The van der Waals surface area contributed by atoms with Gasteiger partial charge in [-0.3, -0.25) is 9.59 Å². The second kappa shape index (κ2) is 6.96. The second-order valence-corrected chi connectivity index (χ2v) is 6.65. The lowest BCUT2D eigenvalue weighted by molar-refractivity contribution is -0.114. The van der Waals surface area contributed by atoms with Crippen LogP contribution in [0.15, 0.2) is 51.7 Å². The molecule has 1 aliphatic carbocycles. The van der Waals surface area contributed by atoms with Gasteiger partial charge in [-0.05, 0) is 26.0 Å². The lowest BCUT2D eigenvalue weighted by Gasteiger charge is -2.21. The molecule has 0 spiro atoms. The number of rotatable bonds is 4. The molecule has 6 heteroatoms. The van der Waals surface area contributed by atoms with Gasteiger partial charge in [0, 0.05) is 42.5 Å². The van der Waals surface area contributed by atoms with Crippen molar-refractivity contribution in [2.45, 2.75) is 20.8 Å². The van der Waals surface area contributed by atoms with Crippen LogP contribution in [0, 0.1) is 0 Å². The summed E-state index contributed by atoms with van der Waals surface area (Å²) in [4.78, 5) is 31.6. The number of hydrogen-bond donors (Lipinski definition) is 1. The average molecular weight is 375 g/mol. The summed E-state index contributed by atoms with van der Waals surface area (Å²) >= 11 is 0. The molecule has 142 valence electrons. The van der Waals surface area contributed by atoms with Crippen molar-refractivity contribution in [2.75, 3.05) is 23.3 Å². The van der Waals surface area contributed by atoms with Gasteiger partial charge < -0.3 is 14.6 Å². The van der Waals surface area contributed by atoms with Gasteiger partial charge in [-0.2, -0.15) is 0 Å². The van der Waals surface area contributed by atoms with E-state index in [1.165, 1.54) is 6.92 Å². The molecule has 0 aromatic heterocycles. The van der Waals surface area contributed by atoms with Crippen LogP contribution >= 0.6 is 0 Å². The maximum Gasteiger partial charge on any atom is 0.221 e. The predicted molar refractivity (Wildman–Crippen MR) is 112 cm³/mol. The normalized spacial score (nSPS) is 11.2. The summed E-state index contributed by atoms with van der Waals surface area (Å²) in [5.74, 6) is -0.0380. The van der Waals surface area contributed by atoms with Crippen LogP contribution in [0.3, 0.4) is 0 Å². The minimum Gasteiger partial charge on any atom is -0.450 e. The van der Waals surface area contributed by atoms with Gasteiger partial charge in [0.2, 0.25) is 11.3 Å². The zero-order chi connectivity index (χ0) is 19.8. The number of carbonyl (C=O) groups excluding carboxylic acids is 1. The predicted octanol–water partition coefficient (Wildman–Crippen LogP) is 4.25. The maximum atomic E-state index is 13.0. The van der Waals surface area contributed by atoms with Gasteiger partial charge in [-0.25, -0.2) is 4.98 Å². The van der Waals surface area contributed by atoms with Crippen LogP contribution < -0.4 is 15.6 Å². The lowest BCUT2D eigenvalue weighted by Crippen LogP contribution is -2.21. The van der Waals surface area contributed by atoms with Crippen molar-refractivity contribution in [3.8, 4) is 11.5 Å². The minimum absolute atomic E-state index is 0.129. The quantitative estimate of drug-likeness (QED) is 0.426. The van der Waals surface area contributed by atoms with Crippen molar-refractivity contribution >= 4 is 39.2 Å². The first-order valence-corrected chi connectivity index (χ1v) is 9.35. The first-order valence-electron chi connectivity index (χ1n) is 9.35. The third-order valence-electron chi connectivity index (χ3n) is 4.91. The fourth-order valence-electron chi connectivity index (χ4n) is 3.56. The zero-order valence-corrected chi connectivity index (χ0v) is 16.1. The number of nitrogens with one attached hydrogen (secondary N) is 1. The Bertz CT molecular complexity index is 1230. The van der Waals surface area contributed by atoms with Gasteiger partial charge in [-0.1, -0.05) is 24.3 Å². The summed E-state index contributed by atoms with van der Waals surface area (Å²) in [7, 11) is 0. The van der Waals surface area contributed by atoms with E-state index in [-0.39, 0.29) is 17.0 Å². The van der Waals surface area contributed by atoms with Gasteiger partial charge in [0.15, 0.2) is 11.3 Å². The summed E-state index contributed by atoms with van der Waals surface area (Å²) in [6.07, 6.45) is 0. The molecule has 1 heterocycles. The van der Waals surface area contributed by atoms with E-state index < -0.39 is 0 Å². The Hall–Kier alpha value is -3.41. The van der Waals surface area contributed by atoms with Crippen LogP contribution in [-0.4, -0.2) is 24.0 Å². The number of nitrogens with zero attached hydrogens (tertiary/aromatic N) is 2. The molecule has 0 saturated heterocycles. The van der Waals surface area contributed by atoms with E-state index in [4.69, 9.17) is 9.40 Å². The molecule has 0 atom stereocenters. The summed E-state index contributed by atoms with van der Waals surface area (Å²) in [5.41, 5.74) is 2.69. The Kier molecular flexibility index (Phi) is 4.47. The van der Waals surface area contributed by atoms with Crippen molar-refractivity contribution in [2.24, 2.45) is 0 Å². The van der Waals surface area contributed by atoms with E-state index in [1.54, 1.807) is 12.1 Å². The van der Waals surface area contributed by atoms with Crippen molar-refractivity contribution in [1.29, 1.82) is 0 Å². The molecule has 2 aromatic rings. The topological polar surface area (TPSA) is 75.4 Å². The number of carbonyl (C=O) groups is 1. The SMILES string of the molecule is CCN(CC)c1ccc2nc3c4ccccc4c(=O)c(NC(C)=O)c-3oc2c1. The molecule has 28 heavy (non-hydrogen) atoms. The Labute approximate surface area is 162 Å². The smallest absolute Gasteiger partial charge is 0.221 e. The van der Waals surface area contributed by atoms with Gasteiger partial charge in [0.05, 0.1) is 0 Å². The first kappa shape index (κ1) is 18.0. The molecular weight excluding hydrogens is 354 g/mol. The van der Waals surface area contributed by atoms with E-state index in [1.807, 2.05) is 30.3 Å². The molecule has 1 N–H and O–H groups in total. The fourth-order valence-corrected chi connectivity index (χ4v) is 3.56. The Morgan fingerprint density at radius 2 is 1.82 bits per heavy atom. The van der Waals surface area contributed by atoms with Crippen LogP contribution in [0.4, 0.5) is 11.4 Å². The molecular formula is C22H21N3O3. The van der Waals surface area contributed by atoms with Crippen molar-refractivity contribution in [3.05, 3.63) is 52.7 Å². The number of benzene rings is 3. The molecule has 0 radical (unpaired) electrons. The second-order valence-electron chi connectivity index (χ2n) is 6.65. The first-order chi connectivity index (χ1) is 13.5. The molecule has 0 unspecified atom stereocenters. The maximum absolute atomic E-state index is 13.0. The van der Waals surface area contributed by atoms with E-state index in [9.17, 15) is 9.59 Å². The van der Waals surface area contributed by atoms with E-state index >= 15 is 0 Å². The van der Waals surface area contributed by atoms with Gasteiger partial charge in [0.25, 0.3) is 0 Å². The number of anilines is 2. The molecule has 1 aliphatic heterocycles. The molecule has 0 saturated carbocycles. The highest BCUT2D eigenvalue weighted by Crippen LogP contribution is 2.36. The highest BCUT2D eigenvalue weighted by Gasteiger charge is 2.23. The van der Waals surface area contributed by atoms with Crippen molar-refractivity contribution in [3.63, 3.8) is 0 Å². The third kappa shape index (κ3) is 2.87. The van der Waals surface area contributed by atoms with Gasteiger partial charge in [0.1, 0.15) is 16.9 Å². The highest BCUT2D eigenvalue weighted by molar-refractivity contribution is 6.04. The third-order valence-corrected chi connectivity index (χ3v) is 4.91. The zero-order valence-electron chi connectivity index (χ0n) is 16.1. The van der Waals surface area contributed by atoms with Crippen LogP contribution in [0.25, 0.3) is 33.3 Å². The molecule has 4 rings (SSSR count). The molecule has 1 amide bonds. The van der Waals surface area contributed by atoms with E-state index in [2.05, 4.69) is 24.1 Å². The Morgan fingerprint density at radius 1 is 1.11 bits per heavy atom. The lowest BCUT2D eigenvalue weighted by atomic mass is 10.0. The van der Waals surface area contributed by atoms with Crippen LogP contribution in [0.5, 0.6) is 0 Å². The monoisotopic (exact) mass is 375 g/mol.